The number of aliphatic hydroxyl groups is 3. The molecule has 2 rings (SSSR count). The van der Waals surface area contributed by atoms with Crippen LogP contribution in [0.3, 0.4) is 0 Å². The zero-order valence-electron chi connectivity index (χ0n) is 27.3. The van der Waals surface area contributed by atoms with Crippen LogP contribution in [0.15, 0.2) is 18.2 Å². The topological polar surface area (TPSA) is 249 Å². The molecule has 1 aromatic carbocycles. The lowest BCUT2D eigenvalue weighted by Crippen LogP contribution is -2.61. The van der Waals surface area contributed by atoms with E-state index < -0.39 is 78.7 Å². The van der Waals surface area contributed by atoms with Crippen molar-refractivity contribution in [2.45, 2.75) is 90.1 Å². The van der Waals surface area contributed by atoms with Crippen molar-refractivity contribution in [1.82, 2.24) is 15.7 Å². The lowest BCUT2D eigenvalue weighted by atomic mass is 9.99. The first kappa shape index (κ1) is 39.5. The Kier molecular flexibility index (Phi) is 13.9. The summed E-state index contributed by atoms with van der Waals surface area (Å²) in [5.41, 5.74) is -1.96. The first-order chi connectivity index (χ1) is 22.2. The molecule has 4 amide bonds. The van der Waals surface area contributed by atoms with E-state index in [1.807, 2.05) is 0 Å². The number of carbonyl (C=O) groups is 5. The molecule has 1 aliphatic heterocycles. The Morgan fingerprint density at radius 3 is 2.08 bits per heavy atom. The summed E-state index contributed by atoms with van der Waals surface area (Å²) in [4.78, 5) is 67.2. The highest BCUT2D eigenvalue weighted by Gasteiger charge is 2.48. The van der Waals surface area contributed by atoms with E-state index in [-0.39, 0.29) is 41.6 Å². The smallest absolute Gasteiger partial charge is 0.444 e. The summed E-state index contributed by atoms with van der Waals surface area (Å²) >= 11 is 0. The molecule has 0 aliphatic carbocycles. The first-order valence-corrected chi connectivity index (χ1v) is 14.5. The predicted molar refractivity (Wildman–Crippen MR) is 161 cm³/mol. The summed E-state index contributed by atoms with van der Waals surface area (Å²) in [6, 6.07) is 3.83. The summed E-state index contributed by atoms with van der Waals surface area (Å²) in [6.45, 7) is 8.24. The minimum absolute atomic E-state index is 0.0950. The van der Waals surface area contributed by atoms with Gasteiger partial charge >= 0.3 is 24.2 Å². The number of amides is 4. The van der Waals surface area contributed by atoms with Gasteiger partial charge in [0.15, 0.2) is 6.10 Å². The van der Waals surface area contributed by atoms with Crippen LogP contribution in [-0.4, -0.2) is 117 Å². The fourth-order valence-electron chi connectivity index (χ4n) is 3.73. The normalized spacial score (nSPS) is 20.8. The molecule has 0 bridgehead atoms. The Bertz CT molecular complexity index is 1340. The van der Waals surface area contributed by atoms with Crippen molar-refractivity contribution in [3.05, 3.63) is 29.3 Å². The van der Waals surface area contributed by atoms with Crippen LogP contribution >= 0.6 is 0 Å². The van der Waals surface area contributed by atoms with E-state index in [2.05, 4.69) is 16.6 Å². The second-order valence-corrected chi connectivity index (χ2v) is 12.2. The Morgan fingerprint density at radius 1 is 0.938 bits per heavy atom. The van der Waals surface area contributed by atoms with Gasteiger partial charge in [0.05, 0.1) is 18.7 Å². The number of carboxylic acid groups (broad SMARTS) is 1. The zero-order chi connectivity index (χ0) is 36.4. The molecule has 1 fully saturated rings. The van der Waals surface area contributed by atoms with E-state index >= 15 is 0 Å². The van der Waals surface area contributed by atoms with E-state index in [1.165, 1.54) is 18.2 Å². The second kappa shape index (κ2) is 16.9. The average molecular weight is 684 g/mol. The maximum Gasteiger partial charge on any atom is 0.444 e. The van der Waals surface area contributed by atoms with Crippen molar-refractivity contribution in [3.63, 3.8) is 0 Å². The van der Waals surface area contributed by atoms with Crippen LogP contribution in [0, 0.1) is 12.3 Å². The molecule has 0 unspecified atom stereocenters. The second-order valence-electron chi connectivity index (χ2n) is 12.2. The van der Waals surface area contributed by atoms with Crippen molar-refractivity contribution in [1.29, 1.82) is 0 Å². The molecule has 266 valence electrons. The lowest BCUT2D eigenvalue weighted by molar-refractivity contribution is -0.271. The fourth-order valence-corrected chi connectivity index (χ4v) is 3.73. The quantitative estimate of drug-likeness (QED) is 0.0811. The minimum atomic E-state index is -1.99. The number of ether oxygens (including phenoxy) is 5. The highest BCUT2D eigenvalue weighted by molar-refractivity contribution is 5.97. The van der Waals surface area contributed by atoms with Gasteiger partial charge in [0.25, 0.3) is 5.91 Å². The standard InChI is InChI=1S/C30H41N3O15/c1-8-11-32-26(40)43-15-16-9-10-18(45-25-21(36)19(34)20(35)22(46-25)24(38)39)17(14-16)23(37)31-12-13-44-33(27(41)47-29(2,3)4)28(42)48-30(5,6)7/h1,9-10,14,19-22,25,34-36H,11-13,15H2,2-7H3,(H,31,37)(H,32,40)(H,38,39)/t19-,20-,21+,22-,25+/m0/s1. The van der Waals surface area contributed by atoms with Gasteiger partial charge in [-0.05, 0) is 59.2 Å². The number of rotatable bonds is 11. The largest absolute Gasteiger partial charge is 0.479 e. The van der Waals surface area contributed by atoms with E-state index in [0.717, 1.165) is 0 Å². The molecule has 1 aliphatic rings. The van der Waals surface area contributed by atoms with Gasteiger partial charge in [-0.15, -0.1) is 6.42 Å². The van der Waals surface area contributed by atoms with Crippen LogP contribution in [0.4, 0.5) is 14.4 Å². The predicted octanol–water partition coefficient (Wildman–Crippen LogP) is 0.651. The Morgan fingerprint density at radius 2 is 1.54 bits per heavy atom. The number of imide groups is 1. The Labute approximate surface area is 276 Å². The monoisotopic (exact) mass is 683 g/mol. The molecule has 18 heteroatoms. The molecule has 0 aromatic heterocycles. The maximum atomic E-state index is 13.3. The van der Waals surface area contributed by atoms with Gasteiger partial charge < -0.3 is 54.7 Å². The summed E-state index contributed by atoms with van der Waals surface area (Å²) in [7, 11) is 0. The van der Waals surface area contributed by atoms with Crippen molar-refractivity contribution in [2.75, 3.05) is 19.7 Å². The molecular formula is C30H41N3O15. The number of terminal acetylenes is 1. The SMILES string of the molecule is C#CCNC(=O)OCc1ccc(O[C@@H]2O[C@H](C(=O)O)[C@@H](O)[C@H](O)[C@H]2O)c(C(=O)NCCON(C(=O)OC(C)(C)C)C(=O)OC(C)(C)C)c1. The number of hydroxylamine groups is 2. The Balaban J connectivity index is 2.26. The van der Waals surface area contributed by atoms with Crippen LogP contribution < -0.4 is 15.4 Å². The molecule has 1 aromatic rings. The highest BCUT2D eigenvalue weighted by atomic mass is 16.8. The summed E-state index contributed by atoms with van der Waals surface area (Å²) < 4.78 is 26.2. The molecule has 48 heavy (non-hydrogen) atoms. The number of nitrogens with zero attached hydrogens (tertiary/aromatic N) is 1. The van der Waals surface area contributed by atoms with E-state index in [9.17, 15) is 44.4 Å². The van der Waals surface area contributed by atoms with Gasteiger partial charge in [-0.2, -0.15) is 0 Å². The van der Waals surface area contributed by atoms with Gasteiger partial charge in [-0.1, -0.05) is 17.1 Å². The number of aliphatic hydroxyl groups excluding tert-OH is 3. The minimum Gasteiger partial charge on any atom is -0.479 e. The van der Waals surface area contributed by atoms with Gasteiger partial charge in [-0.25, -0.2) is 19.2 Å². The zero-order valence-corrected chi connectivity index (χ0v) is 27.3. The van der Waals surface area contributed by atoms with Crippen molar-refractivity contribution < 1.29 is 72.9 Å². The third-order valence-electron chi connectivity index (χ3n) is 5.78. The number of alkyl carbamates (subject to hydrolysis) is 1. The number of benzene rings is 1. The molecule has 0 spiro atoms. The molecule has 0 saturated carbocycles. The van der Waals surface area contributed by atoms with Gasteiger partial charge in [-0.3, -0.25) is 9.63 Å². The molecule has 0 radical (unpaired) electrons. The Hall–Kier alpha value is -4.67. The van der Waals surface area contributed by atoms with Crippen LogP contribution in [0.25, 0.3) is 0 Å². The van der Waals surface area contributed by atoms with Crippen LogP contribution in [0.1, 0.15) is 57.5 Å². The number of hydrogen-bond acceptors (Lipinski definition) is 14. The third-order valence-corrected chi connectivity index (χ3v) is 5.78. The summed E-state index contributed by atoms with van der Waals surface area (Å²) in [5.74, 6) is -0.585. The fraction of sp³-hybridized carbons (Fsp3) is 0.567. The molecular weight excluding hydrogens is 642 g/mol. The van der Waals surface area contributed by atoms with Crippen LogP contribution in [-0.2, 0) is 35.2 Å². The average Bonchev–Trinajstić information content (AvgIpc) is 2.97. The number of carboxylic acids is 1. The van der Waals surface area contributed by atoms with Gasteiger partial charge in [0.1, 0.15) is 41.9 Å². The van der Waals surface area contributed by atoms with E-state index in [1.54, 1.807) is 41.5 Å². The van der Waals surface area contributed by atoms with Crippen molar-refractivity contribution in [3.8, 4) is 18.1 Å². The number of aliphatic carboxylic acids is 1. The maximum absolute atomic E-state index is 13.3. The third kappa shape index (κ3) is 12.2. The summed E-state index contributed by atoms with van der Waals surface area (Å²) in [6.07, 6.45) is -7.82. The van der Waals surface area contributed by atoms with Crippen molar-refractivity contribution >= 4 is 30.2 Å². The van der Waals surface area contributed by atoms with Crippen molar-refractivity contribution in [2.24, 2.45) is 0 Å². The molecule has 5 atom stereocenters. The number of nitrogens with one attached hydrogen (secondary N) is 2. The van der Waals surface area contributed by atoms with Gasteiger partial charge in [0.2, 0.25) is 6.29 Å². The molecule has 1 saturated heterocycles. The first-order valence-electron chi connectivity index (χ1n) is 14.5. The molecule has 18 nitrogen and oxygen atoms in total. The van der Waals surface area contributed by atoms with Gasteiger partial charge in [0, 0.05) is 6.54 Å². The lowest BCUT2D eigenvalue weighted by Gasteiger charge is -2.38. The van der Waals surface area contributed by atoms with E-state index in [4.69, 9.17) is 34.9 Å². The van der Waals surface area contributed by atoms with Crippen LogP contribution in [0.2, 0.25) is 0 Å². The number of hydrogen-bond donors (Lipinski definition) is 6. The highest BCUT2D eigenvalue weighted by Crippen LogP contribution is 2.28. The van der Waals surface area contributed by atoms with Crippen LogP contribution in [0.5, 0.6) is 5.75 Å². The molecule has 1 heterocycles. The van der Waals surface area contributed by atoms with E-state index in [0.29, 0.717) is 0 Å². The molecule has 6 N–H and O–H groups in total. The number of carbonyl (C=O) groups excluding carboxylic acids is 4. The summed E-state index contributed by atoms with van der Waals surface area (Å²) in [5, 5.41) is 44.9.